The van der Waals surface area contributed by atoms with E-state index in [-0.39, 0.29) is 12.1 Å². The van der Waals surface area contributed by atoms with Crippen LogP contribution in [0.15, 0.2) is 65.1 Å². The Labute approximate surface area is 127 Å². The molecule has 3 heteroatoms. The summed E-state index contributed by atoms with van der Waals surface area (Å²) < 4.78 is 6.36. The number of rotatable bonds is 4. The van der Waals surface area contributed by atoms with E-state index in [0.717, 1.165) is 15.6 Å². The second kappa shape index (κ2) is 7.06. The topological polar surface area (TPSA) is 26.3 Å². The Hall–Kier alpha value is -1.87. The van der Waals surface area contributed by atoms with Crippen molar-refractivity contribution in [3.05, 3.63) is 76.3 Å². The molecule has 20 heavy (non-hydrogen) atoms. The first-order valence-electron chi connectivity index (χ1n) is 6.31. The van der Waals surface area contributed by atoms with E-state index in [0.29, 0.717) is 0 Å². The molecule has 1 unspecified atom stereocenters. The molecule has 102 valence electrons. The number of benzene rings is 2. The fourth-order valence-electron chi connectivity index (χ4n) is 1.84. The smallest absolute Gasteiger partial charge is 0.303 e. The molecule has 0 saturated heterocycles. The monoisotopic (exact) mass is 330 g/mol. The molecule has 0 saturated carbocycles. The Balaban J connectivity index is 2.25. The van der Waals surface area contributed by atoms with Crippen LogP contribution in [0.2, 0.25) is 0 Å². The third kappa shape index (κ3) is 4.07. The molecule has 0 radical (unpaired) electrons. The summed E-state index contributed by atoms with van der Waals surface area (Å²) >= 11 is 3.49. The van der Waals surface area contributed by atoms with Crippen molar-refractivity contribution in [2.24, 2.45) is 0 Å². The van der Waals surface area contributed by atoms with E-state index in [2.05, 4.69) is 15.9 Å². The molecule has 0 fully saturated rings. The van der Waals surface area contributed by atoms with Crippen LogP contribution in [0.5, 0.6) is 0 Å². The SMILES string of the molecule is CC(=O)OC(/C=C/c1ccccc1Br)c1ccccc1. The Bertz CT molecular complexity index is 605. The van der Waals surface area contributed by atoms with Crippen LogP contribution in [0.3, 0.4) is 0 Å². The van der Waals surface area contributed by atoms with Crippen molar-refractivity contribution >= 4 is 28.0 Å². The van der Waals surface area contributed by atoms with Gasteiger partial charge in [0.15, 0.2) is 0 Å². The number of esters is 1. The summed E-state index contributed by atoms with van der Waals surface area (Å²) in [6.07, 6.45) is 3.46. The zero-order chi connectivity index (χ0) is 14.4. The molecule has 0 aliphatic carbocycles. The van der Waals surface area contributed by atoms with E-state index < -0.39 is 0 Å². The summed E-state index contributed by atoms with van der Waals surface area (Å²) in [5.41, 5.74) is 1.99. The number of halogens is 1. The molecule has 0 spiro atoms. The van der Waals surface area contributed by atoms with E-state index >= 15 is 0 Å². The molecule has 2 aromatic carbocycles. The fourth-order valence-corrected chi connectivity index (χ4v) is 2.26. The van der Waals surface area contributed by atoms with E-state index in [1.54, 1.807) is 0 Å². The maximum atomic E-state index is 11.2. The van der Waals surface area contributed by atoms with E-state index in [1.165, 1.54) is 6.92 Å². The van der Waals surface area contributed by atoms with Crippen LogP contribution in [0.25, 0.3) is 6.08 Å². The van der Waals surface area contributed by atoms with Crippen LogP contribution >= 0.6 is 15.9 Å². The summed E-state index contributed by atoms with van der Waals surface area (Å²) in [5.74, 6) is -0.296. The van der Waals surface area contributed by atoms with Crippen LogP contribution in [0, 0.1) is 0 Å². The highest BCUT2D eigenvalue weighted by Gasteiger charge is 2.10. The molecule has 0 N–H and O–H groups in total. The number of hydrogen-bond donors (Lipinski definition) is 0. The molecule has 0 heterocycles. The third-order valence-electron chi connectivity index (χ3n) is 2.78. The molecule has 2 aromatic rings. The number of carbonyl (C=O) groups excluding carboxylic acids is 1. The Morgan fingerprint density at radius 3 is 2.40 bits per heavy atom. The van der Waals surface area contributed by atoms with Gasteiger partial charge in [0.2, 0.25) is 0 Å². The van der Waals surface area contributed by atoms with Gasteiger partial charge in [-0.15, -0.1) is 0 Å². The Morgan fingerprint density at radius 1 is 1.10 bits per heavy atom. The van der Waals surface area contributed by atoms with Crippen LogP contribution in [-0.2, 0) is 9.53 Å². The van der Waals surface area contributed by atoms with Gasteiger partial charge in [0.05, 0.1) is 0 Å². The maximum Gasteiger partial charge on any atom is 0.303 e. The quantitative estimate of drug-likeness (QED) is 0.755. The second-order valence-corrected chi connectivity index (χ2v) is 5.18. The Morgan fingerprint density at radius 2 is 1.75 bits per heavy atom. The van der Waals surface area contributed by atoms with Gasteiger partial charge < -0.3 is 4.74 Å². The second-order valence-electron chi connectivity index (χ2n) is 4.32. The first-order chi connectivity index (χ1) is 9.66. The molecular formula is C17H15BrO2. The molecule has 0 aromatic heterocycles. The van der Waals surface area contributed by atoms with Gasteiger partial charge in [-0.05, 0) is 23.3 Å². The van der Waals surface area contributed by atoms with Crippen LogP contribution < -0.4 is 0 Å². The first-order valence-corrected chi connectivity index (χ1v) is 7.11. The lowest BCUT2D eigenvalue weighted by atomic mass is 10.1. The molecule has 2 nitrogen and oxygen atoms in total. The molecular weight excluding hydrogens is 316 g/mol. The van der Waals surface area contributed by atoms with Gasteiger partial charge in [-0.3, -0.25) is 4.79 Å². The summed E-state index contributed by atoms with van der Waals surface area (Å²) in [4.78, 5) is 11.2. The lowest BCUT2D eigenvalue weighted by molar-refractivity contribution is -0.144. The molecule has 1 atom stereocenters. The predicted molar refractivity (Wildman–Crippen MR) is 84.1 cm³/mol. The van der Waals surface area contributed by atoms with Crippen molar-refractivity contribution in [2.45, 2.75) is 13.0 Å². The number of hydrogen-bond acceptors (Lipinski definition) is 2. The van der Waals surface area contributed by atoms with Crippen molar-refractivity contribution in [3.63, 3.8) is 0 Å². The van der Waals surface area contributed by atoms with Crippen molar-refractivity contribution in [3.8, 4) is 0 Å². The van der Waals surface area contributed by atoms with Crippen LogP contribution in [0.4, 0.5) is 0 Å². The zero-order valence-electron chi connectivity index (χ0n) is 11.1. The fraction of sp³-hybridized carbons (Fsp3) is 0.118. The summed E-state index contributed by atoms with van der Waals surface area (Å²) in [6.45, 7) is 1.42. The van der Waals surface area contributed by atoms with Gasteiger partial charge in [0.25, 0.3) is 0 Å². The van der Waals surface area contributed by atoms with E-state index in [9.17, 15) is 4.79 Å². The van der Waals surface area contributed by atoms with Crippen LogP contribution in [-0.4, -0.2) is 5.97 Å². The summed E-state index contributed by atoms with van der Waals surface area (Å²) in [5, 5.41) is 0. The minimum absolute atomic E-state index is 0.296. The van der Waals surface area contributed by atoms with Crippen LogP contribution in [0.1, 0.15) is 24.2 Å². The lowest BCUT2D eigenvalue weighted by Gasteiger charge is -2.13. The highest BCUT2D eigenvalue weighted by Crippen LogP contribution is 2.23. The molecule has 0 aliphatic rings. The van der Waals surface area contributed by atoms with Crippen molar-refractivity contribution in [2.75, 3.05) is 0 Å². The molecule has 2 rings (SSSR count). The average molecular weight is 331 g/mol. The van der Waals surface area contributed by atoms with Gasteiger partial charge in [0, 0.05) is 11.4 Å². The van der Waals surface area contributed by atoms with Gasteiger partial charge >= 0.3 is 5.97 Å². The predicted octanol–water partition coefficient (Wildman–Crippen LogP) is 4.77. The highest BCUT2D eigenvalue weighted by atomic mass is 79.9. The average Bonchev–Trinajstić information content (AvgIpc) is 2.45. The van der Waals surface area contributed by atoms with Gasteiger partial charge in [-0.1, -0.05) is 70.5 Å². The molecule has 0 aliphatic heterocycles. The normalized spacial score (nSPS) is 12.3. The van der Waals surface area contributed by atoms with E-state index in [1.807, 2.05) is 66.7 Å². The van der Waals surface area contributed by atoms with Gasteiger partial charge in [0.1, 0.15) is 6.10 Å². The minimum atomic E-state index is -0.374. The number of carbonyl (C=O) groups is 1. The standard InChI is InChI=1S/C17H15BrO2/c1-13(19)20-17(15-8-3-2-4-9-15)12-11-14-7-5-6-10-16(14)18/h2-12,17H,1H3/b12-11+. The summed E-state index contributed by atoms with van der Waals surface area (Å²) in [7, 11) is 0. The van der Waals surface area contributed by atoms with Crippen molar-refractivity contribution in [1.29, 1.82) is 0 Å². The largest absolute Gasteiger partial charge is 0.453 e. The van der Waals surface area contributed by atoms with Gasteiger partial charge in [-0.2, -0.15) is 0 Å². The highest BCUT2D eigenvalue weighted by molar-refractivity contribution is 9.10. The minimum Gasteiger partial charge on any atom is -0.453 e. The van der Waals surface area contributed by atoms with Crippen molar-refractivity contribution in [1.82, 2.24) is 0 Å². The molecule has 0 bridgehead atoms. The lowest BCUT2D eigenvalue weighted by Crippen LogP contribution is -2.05. The Kier molecular flexibility index (Phi) is 5.13. The third-order valence-corrected chi connectivity index (χ3v) is 3.50. The zero-order valence-corrected chi connectivity index (χ0v) is 12.7. The number of ether oxygens (including phenoxy) is 1. The maximum absolute atomic E-state index is 11.2. The molecule has 0 amide bonds. The summed E-state index contributed by atoms with van der Waals surface area (Å²) in [6, 6.07) is 17.6. The van der Waals surface area contributed by atoms with Gasteiger partial charge in [-0.25, -0.2) is 0 Å². The van der Waals surface area contributed by atoms with Crippen molar-refractivity contribution < 1.29 is 9.53 Å². The first kappa shape index (κ1) is 14.5. The van der Waals surface area contributed by atoms with E-state index in [4.69, 9.17) is 4.74 Å².